The number of H-pyrrole nitrogens is 1. The van der Waals surface area contributed by atoms with Crippen molar-refractivity contribution < 1.29 is 9.63 Å². The lowest BCUT2D eigenvalue weighted by Crippen LogP contribution is -2.26. The lowest BCUT2D eigenvalue weighted by Gasteiger charge is -2.12. The van der Waals surface area contributed by atoms with Gasteiger partial charge in [0.15, 0.2) is 0 Å². The molecule has 2 aromatic rings. The van der Waals surface area contributed by atoms with E-state index in [2.05, 4.69) is 9.97 Å². The number of carbonyl (C=O) groups is 1. The summed E-state index contributed by atoms with van der Waals surface area (Å²) in [6.45, 7) is 0. The number of carbonyl (C=O) groups excluding carboxylic acids is 1. The third kappa shape index (κ3) is 1.86. The van der Waals surface area contributed by atoms with Crippen LogP contribution in [-0.2, 0) is 16.1 Å². The van der Waals surface area contributed by atoms with Gasteiger partial charge in [-0.1, -0.05) is 0 Å². The number of amides is 1. The minimum absolute atomic E-state index is 0.0770. The van der Waals surface area contributed by atoms with Gasteiger partial charge >= 0.3 is 0 Å². The molecule has 0 aliphatic carbocycles. The maximum Gasteiger partial charge on any atom is 0.250 e. The van der Waals surface area contributed by atoms with Crippen molar-refractivity contribution in [1.29, 1.82) is 0 Å². The highest BCUT2D eigenvalue weighted by atomic mass is 32.1. The van der Waals surface area contributed by atoms with Crippen LogP contribution in [0, 0.1) is 0 Å². The van der Waals surface area contributed by atoms with E-state index in [0.29, 0.717) is 6.42 Å². The van der Waals surface area contributed by atoms with Crippen LogP contribution in [0.25, 0.3) is 10.3 Å². The van der Waals surface area contributed by atoms with Crippen molar-refractivity contribution in [3.8, 4) is 0 Å². The van der Waals surface area contributed by atoms with Crippen molar-refractivity contribution in [3.05, 3.63) is 17.3 Å². The van der Waals surface area contributed by atoms with E-state index < -0.39 is 0 Å². The smallest absolute Gasteiger partial charge is 0.250 e. The van der Waals surface area contributed by atoms with E-state index in [4.69, 9.17) is 4.84 Å². The van der Waals surface area contributed by atoms with Crippen LogP contribution in [0.3, 0.4) is 0 Å². The number of rotatable bonds is 3. The van der Waals surface area contributed by atoms with Crippen LogP contribution in [0.5, 0.6) is 0 Å². The van der Waals surface area contributed by atoms with Gasteiger partial charge in [0.25, 0.3) is 0 Å². The van der Waals surface area contributed by atoms with E-state index in [1.54, 1.807) is 12.6 Å². The Balaban J connectivity index is 2.19. The standard InChI is InChI=1S/C9H11N3O2S/c1-12(14-2)7(13)3-6-4-10-9-8(6)15-5-11-9/h4-5,10H,3H2,1-2H3. The molecule has 2 aromatic heterocycles. The van der Waals surface area contributed by atoms with Gasteiger partial charge in [0, 0.05) is 13.2 Å². The van der Waals surface area contributed by atoms with Crippen LogP contribution in [0.1, 0.15) is 5.56 Å². The summed E-state index contributed by atoms with van der Waals surface area (Å²) in [6.07, 6.45) is 2.14. The fourth-order valence-corrected chi connectivity index (χ4v) is 2.07. The number of nitrogens with one attached hydrogen (secondary N) is 1. The molecule has 5 nitrogen and oxygen atoms in total. The highest BCUT2D eigenvalue weighted by Gasteiger charge is 2.13. The van der Waals surface area contributed by atoms with E-state index in [1.165, 1.54) is 23.5 Å². The predicted octanol–water partition coefficient (Wildman–Crippen LogP) is 1.19. The molecule has 0 bridgehead atoms. The zero-order valence-electron chi connectivity index (χ0n) is 8.48. The van der Waals surface area contributed by atoms with Crippen LogP contribution < -0.4 is 0 Å². The number of aromatic nitrogens is 2. The molecule has 0 spiro atoms. The fourth-order valence-electron chi connectivity index (χ4n) is 1.31. The Morgan fingerprint density at radius 2 is 2.53 bits per heavy atom. The first-order chi connectivity index (χ1) is 7.22. The first kappa shape index (κ1) is 10.1. The van der Waals surface area contributed by atoms with Gasteiger partial charge in [0.05, 0.1) is 23.7 Å². The summed E-state index contributed by atoms with van der Waals surface area (Å²) in [5.41, 5.74) is 3.55. The Kier molecular flexibility index (Phi) is 2.70. The fraction of sp³-hybridized carbons (Fsp3) is 0.333. The van der Waals surface area contributed by atoms with Crippen molar-refractivity contribution in [2.75, 3.05) is 14.2 Å². The largest absolute Gasteiger partial charge is 0.345 e. The maximum atomic E-state index is 11.6. The summed E-state index contributed by atoms with van der Waals surface area (Å²) in [5.74, 6) is -0.0770. The second kappa shape index (κ2) is 4.00. The van der Waals surface area contributed by atoms with E-state index in [1.807, 2.05) is 6.20 Å². The molecule has 0 aromatic carbocycles. The molecule has 0 saturated carbocycles. The lowest BCUT2D eigenvalue weighted by molar-refractivity contribution is -0.167. The summed E-state index contributed by atoms with van der Waals surface area (Å²) in [6, 6.07) is 0. The molecule has 0 aliphatic heterocycles. The number of fused-ring (bicyclic) bond motifs is 1. The number of nitrogens with zero attached hydrogens (tertiary/aromatic N) is 2. The topological polar surface area (TPSA) is 58.2 Å². The van der Waals surface area contributed by atoms with Crippen LogP contribution in [-0.4, -0.2) is 35.1 Å². The molecule has 0 atom stereocenters. The first-order valence-electron chi connectivity index (χ1n) is 4.42. The monoisotopic (exact) mass is 225 g/mol. The average molecular weight is 225 g/mol. The third-order valence-electron chi connectivity index (χ3n) is 2.21. The normalized spacial score (nSPS) is 10.8. The van der Waals surface area contributed by atoms with E-state index in [0.717, 1.165) is 15.9 Å². The van der Waals surface area contributed by atoms with Crippen molar-refractivity contribution in [3.63, 3.8) is 0 Å². The zero-order chi connectivity index (χ0) is 10.8. The number of hydroxylamine groups is 2. The van der Waals surface area contributed by atoms with Gasteiger partial charge in [-0.25, -0.2) is 10.0 Å². The highest BCUT2D eigenvalue weighted by molar-refractivity contribution is 7.16. The molecule has 0 unspecified atom stereocenters. The summed E-state index contributed by atoms with van der Waals surface area (Å²) in [5, 5.41) is 1.22. The van der Waals surface area contributed by atoms with E-state index in [9.17, 15) is 4.79 Å². The molecular formula is C9H11N3O2S. The molecule has 6 heteroatoms. The first-order valence-corrected chi connectivity index (χ1v) is 5.30. The van der Waals surface area contributed by atoms with Crippen LogP contribution in [0.2, 0.25) is 0 Å². The third-order valence-corrected chi connectivity index (χ3v) is 3.11. The van der Waals surface area contributed by atoms with Crippen molar-refractivity contribution in [2.24, 2.45) is 0 Å². The van der Waals surface area contributed by atoms with Crippen molar-refractivity contribution in [2.45, 2.75) is 6.42 Å². The van der Waals surface area contributed by atoms with Gasteiger partial charge in [-0.2, -0.15) is 0 Å². The Bertz CT molecular complexity index is 476. The van der Waals surface area contributed by atoms with Crippen LogP contribution >= 0.6 is 11.3 Å². The second-order valence-electron chi connectivity index (χ2n) is 3.09. The van der Waals surface area contributed by atoms with Gasteiger partial charge in [-0.3, -0.25) is 9.63 Å². The van der Waals surface area contributed by atoms with Crippen LogP contribution in [0.4, 0.5) is 0 Å². The number of likely N-dealkylation sites (N-methyl/N-ethyl adjacent to an activating group) is 1. The quantitative estimate of drug-likeness (QED) is 0.798. The molecule has 1 amide bonds. The average Bonchev–Trinajstić information content (AvgIpc) is 2.81. The molecule has 0 fully saturated rings. The Morgan fingerprint density at radius 1 is 1.73 bits per heavy atom. The molecule has 0 saturated heterocycles. The summed E-state index contributed by atoms with van der Waals surface area (Å²) >= 11 is 1.53. The molecular weight excluding hydrogens is 214 g/mol. The molecule has 0 radical (unpaired) electrons. The van der Waals surface area contributed by atoms with E-state index in [-0.39, 0.29) is 5.91 Å². The summed E-state index contributed by atoms with van der Waals surface area (Å²) in [4.78, 5) is 23.5. The molecule has 2 rings (SSSR count). The van der Waals surface area contributed by atoms with Crippen molar-refractivity contribution in [1.82, 2.24) is 15.0 Å². The van der Waals surface area contributed by atoms with Gasteiger partial charge in [-0.15, -0.1) is 11.3 Å². The Morgan fingerprint density at radius 3 is 3.27 bits per heavy atom. The lowest BCUT2D eigenvalue weighted by atomic mass is 10.2. The Labute approximate surface area is 90.6 Å². The molecule has 2 heterocycles. The van der Waals surface area contributed by atoms with Crippen LogP contribution in [0.15, 0.2) is 11.7 Å². The minimum atomic E-state index is -0.0770. The minimum Gasteiger partial charge on any atom is -0.345 e. The van der Waals surface area contributed by atoms with Gasteiger partial charge in [0.1, 0.15) is 5.65 Å². The van der Waals surface area contributed by atoms with Gasteiger partial charge in [0.2, 0.25) is 5.91 Å². The number of hydrogen-bond acceptors (Lipinski definition) is 4. The predicted molar refractivity (Wildman–Crippen MR) is 57.5 cm³/mol. The maximum absolute atomic E-state index is 11.6. The van der Waals surface area contributed by atoms with E-state index >= 15 is 0 Å². The number of thiazole rings is 1. The van der Waals surface area contributed by atoms with Crippen molar-refractivity contribution >= 4 is 27.6 Å². The molecule has 0 aliphatic rings. The number of hydrogen-bond donors (Lipinski definition) is 1. The zero-order valence-corrected chi connectivity index (χ0v) is 9.30. The second-order valence-corrected chi connectivity index (χ2v) is 3.95. The summed E-state index contributed by atoms with van der Waals surface area (Å²) in [7, 11) is 3.07. The molecule has 80 valence electrons. The highest BCUT2D eigenvalue weighted by Crippen LogP contribution is 2.22. The van der Waals surface area contributed by atoms with Gasteiger partial charge < -0.3 is 4.98 Å². The SMILES string of the molecule is CON(C)C(=O)Cc1c[nH]c2ncsc12. The summed E-state index contributed by atoms with van der Waals surface area (Å²) < 4.78 is 1.04. The molecule has 1 N–H and O–H groups in total. The Hall–Kier alpha value is -1.40. The van der Waals surface area contributed by atoms with Gasteiger partial charge in [-0.05, 0) is 5.56 Å². The molecule has 15 heavy (non-hydrogen) atoms. The number of aromatic amines is 1.